The summed E-state index contributed by atoms with van der Waals surface area (Å²) in [4.78, 5) is 0. The molecule has 132 valence electrons. The van der Waals surface area contributed by atoms with E-state index >= 15 is 0 Å². The number of hydrogen-bond donors (Lipinski definition) is 0. The zero-order chi connectivity index (χ0) is 18.3. The highest BCUT2D eigenvalue weighted by Gasteiger charge is 2.48. The molecule has 27 heavy (non-hydrogen) atoms. The molecule has 0 amide bonds. The van der Waals surface area contributed by atoms with Gasteiger partial charge in [-0.25, -0.2) is 0 Å². The van der Waals surface area contributed by atoms with E-state index in [2.05, 4.69) is 97.6 Å². The van der Waals surface area contributed by atoms with Crippen LogP contribution in [0.4, 0.5) is 0 Å². The Morgan fingerprint density at radius 3 is 2.33 bits per heavy atom. The number of fused-ring (bicyclic) bond motifs is 2. The fourth-order valence-corrected chi connectivity index (χ4v) is 5.26. The number of rotatable bonds is 4. The molecule has 2 atom stereocenters. The second kappa shape index (κ2) is 6.39. The molecule has 0 bridgehead atoms. The van der Waals surface area contributed by atoms with Crippen molar-refractivity contribution < 1.29 is 0 Å². The van der Waals surface area contributed by atoms with Gasteiger partial charge < -0.3 is 0 Å². The zero-order valence-corrected chi connectivity index (χ0v) is 15.6. The fourth-order valence-electron chi connectivity index (χ4n) is 5.26. The first kappa shape index (κ1) is 16.3. The van der Waals surface area contributed by atoms with Crippen molar-refractivity contribution in [2.75, 3.05) is 0 Å². The van der Waals surface area contributed by atoms with E-state index in [-0.39, 0.29) is 5.41 Å². The van der Waals surface area contributed by atoms with Crippen LogP contribution < -0.4 is 0 Å². The van der Waals surface area contributed by atoms with Crippen LogP contribution in [0.3, 0.4) is 0 Å². The lowest BCUT2D eigenvalue weighted by molar-refractivity contribution is 0.400. The van der Waals surface area contributed by atoms with E-state index in [1.165, 1.54) is 27.8 Å². The molecule has 2 aliphatic carbocycles. The van der Waals surface area contributed by atoms with Crippen LogP contribution in [0.15, 0.2) is 97.1 Å². The lowest BCUT2D eigenvalue weighted by Crippen LogP contribution is -2.36. The van der Waals surface area contributed by atoms with Gasteiger partial charge in [-0.1, -0.05) is 96.6 Å². The van der Waals surface area contributed by atoms with Gasteiger partial charge in [0.2, 0.25) is 0 Å². The van der Waals surface area contributed by atoms with E-state index < -0.39 is 0 Å². The summed E-state index contributed by atoms with van der Waals surface area (Å²) in [6.45, 7) is 4.26. The quantitative estimate of drug-likeness (QED) is 0.495. The van der Waals surface area contributed by atoms with Crippen molar-refractivity contribution in [2.45, 2.75) is 24.7 Å². The molecule has 0 heterocycles. The molecule has 3 aromatic rings. The molecule has 0 aliphatic heterocycles. The maximum absolute atomic E-state index is 4.26. The van der Waals surface area contributed by atoms with Gasteiger partial charge in [-0.15, -0.1) is 6.58 Å². The van der Waals surface area contributed by atoms with Gasteiger partial charge in [-0.2, -0.15) is 0 Å². The first-order valence-corrected chi connectivity index (χ1v) is 9.85. The Kier molecular flexibility index (Phi) is 3.86. The third-order valence-electron chi connectivity index (χ3n) is 6.52. The van der Waals surface area contributed by atoms with Crippen LogP contribution >= 0.6 is 0 Å². The molecule has 0 fully saturated rings. The maximum Gasteiger partial charge on any atom is 0.0277 e. The smallest absolute Gasteiger partial charge is 0.0277 e. The molecule has 0 radical (unpaired) electrons. The summed E-state index contributed by atoms with van der Waals surface area (Å²) in [5.41, 5.74) is 8.76. The van der Waals surface area contributed by atoms with E-state index in [0.717, 1.165) is 19.3 Å². The molecule has 0 heteroatoms. The number of hydrogen-bond acceptors (Lipinski definition) is 0. The molecule has 0 spiro atoms. The van der Waals surface area contributed by atoms with Crippen molar-refractivity contribution in [1.29, 1.82) is 0 Å². The van der Waals surface area contributed by atoms with E-state index in [0.29, 0.717) is 5.92 Å². The predicted octanol–water partition coefficient (Wildman–Crippen LogP) is 6.17. The minimum atomic E-state index is -0.00127. The SMILES string of the molecule is C=CC1Cc2ccccc2C1(Cc1ccccc1)C1=Cc2ccccc2C1. The Morgan fingerprint density at radius 1 is 0.852 bits per heavy atom. The Bertz CT molecular complexity index is 1020. The Morgan fingerprint density at radius 2 is 1.56 bits per heavy atom. The first-order valence-electron chi connectivity index (χ1n) is 9.85. The summed E-state index contributed by atoms with van der Waals surface area (Å²) in [6.07, 6.45) is 7.81. The van der Waals surface area contributed by atoms with Crippen molar-refractivity contribution in [2.24, 2.45) is 5.92 Å². The second-order valence-corrected chi connectivity index (χ2v) is 7.88. The summed E-state index contributed by atoms with van der Waals surface area (Å²) < 4.78 is 0. The Hall–Kier alpha value is -2.86. The van der Waals surface area contributed by atoms with Crippen LogP contribution in [0.5, 0.6) is 0 Å². The largest absolute Gasteiger partial charge is 0.103 e. The lowest BCUT2D eigenvalue weighted by atomic mass is 9.65. The van der Waals surface area contributed by atoms with Crippen LogP contribution in [0.1, 0.15) is 27.8 Å². The monoisotopic (exact) mass is 348 g/mol. The average Bonchev–Trinajstić information content (AvgIpc) is 3.29. The van der Waals surface area contributed by atoms with Crippen LogP contribution in [0, 0.1) is 5.92 Å². The molecule has 2 aliphatic rings. The summed E-state index contributed by atoms with van der Waals surface area (Å²) in [6, 6.07) is 28.8. The topological polar surface area (TPSA) is 0 Å². The Balaban J connectivity index is 1.71. The molecule has 0 saturated heterocycles. The van der Waals surface area contributed by atoms with Crippen LogP contribution in [0.2, 0.25) is 0 Å². The van der Waals surface area contributed by atoms with Gasteiger partial charge in [0, 0.05) is 5.41 Å². The van der Waals surface area contributed by atoms with Gasteiger partial charge in [0.1, 0.15) is 0 Å². The minimum Gasteiger partial charge on any atom is -0.103 e. The third kappa shape index (κ3) is 2.51. The molecule has 0 nitrogen and oxygen atoms in total. The molecule has 0 N–H and O–H groups in total. The number of benzene rings is 3. The van der Waals surface area contributed by atoms with Gasteiger partial charge in [-0.05, 0) is 53.0 Å². The second-order valence-electron chi connectivity index (χ2n) is 7.88. The van der Waals surface area contributed by atoms with Gasteiger partial charge in [0.05, 0.1) is 0 Å². The number of allylic oxidation sites excluding steroid dienone is 2. The van der Waals surface area contributed by atoms with Gasteiger partial charge >= 0.3 is 0 Å². The molecule has 2 unspecified atom stereocenters. The van der Waals surface area contributed by atoms with Crippen LogP contribution in [-0.2, 0) is 24.7 Å². The highest BCUT2D eigenvalue weighted by Crippen LogP contribution is 2.53. The van der Waals surface area contributed by atoms with E-state index in [9.17, 15) is 0 Å². The highest BCUT2D eigenvalue weighted by molar-refractivity contribution is 5.69. The van der Waals surface area contributed by atoms with E-state index in [1.54, 1.807) is 5.57 Å². The molecular weight excluding hydrogens is 324 g/mol. The molecule has 5 rings (SSSR count). The van der Waals surface area contributed by atoms with Crippen molar-refractivity contribution in [1.82, 2.24) is 0 Å². The predicted molar refractivity (Wildman–Crippen MR) is 114 cm³/mol. The van der Waals surface area contributed by atoms with Crippen LogP contribution in [0.25, 0.3) is 6.08 Å². The third-order valence-corrected chi connectivity index (χ3v) is 6.52. The highest BCUT2D eigenvalue weighted by atomic mass is 14.5. The van der Waals surface area contributed by atoms with Gasteiger partial charge in [0.25, 0.3) is 0 Å². The van der Waals surface area contributed by atoms with Crippen molar-refractivity contribution in [3.05, 3.63) is 125 Å². The van der Waals surface area contributed by atoms with Gasteiger partial charge in [0.15, 0.2) is 0 Å². The van der Waals surface area contributed by atoms with Crippen LogP contribution in [-0.4, -0.2) is 0 Å². The lowest BCUT2D eigenvalue weighted by Gasteiger charge is -2.38. The fraction of sp³-hybridized carbons (Fsp3) is 0.185. The van der Waals surface area contributed by atoms with Crippen molar-refractivity contribution >= 4 is 6.08 Å². The molecule has 3 aromatic carbocycles. The van der Waals surface area contributed by atoms with Crippen molar-refractivity contribution in [3.63, 3.8) is 0 Å². The van der Waals surface area contributed by atoms with E-state index in [1.807, 2.05) is 0 Å². The van der Waals surface area contributed by atoms with E-state index in [4.69, 9.17) is 0 Å². The normalized spacial score (nSPS) is 22.8. The molecular formula is C27H24. The minimum absolute atomic E-state index is 0.00127. The Labute approximate surface area is 161 Å². The summed E-state index contributed by atoms with van der Waals surface area (Å²) in [5.74, 6) is 0.427. The summed E-state index contributed by atoms with van der Waals surface area (Å²) in [5, 5.41) is 0. The molecule has 0 saturated carbocycles. The summed E-state index contributed by atoms with van der Waals surface area (Å²) in [7, 11) is 0. The maximum atomic E-state index is 4.26. The van der Waals surface area contributed by atoms with Crippen molar-refractivity contribution in [3.8, 4) is 0 Å². The summed E-state index contributed by atoms with van der Waals surface area (Å²) >= 11 is 0. The van der Waals surface area contributed by atoms with Gasteiger partial charge in [-0.3, -0.25) is 0 Å². The first-order chi connectivity index (χ1) is 13.3. The zero-order valence-electron chi connectivity index (χ0n) is 15.6. The standard InChI is InChI=1S/C27H24/c1-2-24-18-23-14-8-9-15-26(23)27(24,19-20-10-4-3-5-11-20)25-16-21-12-6-7-13-22(21)17-25/h2-16,24H,1,17-19H2. The molecule has 0 aromatic heterocycles. The average molecular weight is 348 g/mol.